The molecule has 1 N–H and O–H groups in total. The molecular weight excluding hydrogens is 370 g/mol. The van der Waals surface area contributed by atoms with E-state index in [-0.39, 0.29) is 12.1 Å². The topological polar surface area (TPSA) is 90.0 Å². The van der Waals surface area contributed by atoms with Crippen LogP contribution in [-0.2, 0) is 20.1 Å². The van der Waals surface area contributed by atoms with Gasteiger partial charge in [0.1, 0.15) is 0 Å². The number of hydrogen-bond acceptors (Lipinski definition) is 6. The van der Waals surface area contributed by atoms with Crippen molar-refractivity contribution in [2.45, 2.75) is 20.0 Å². The third-order valence-electron chi connectivity index (χ3n) is 5.09. The van der Waals surface area contributed by atoms with E-state index in [2.05, 4.69) is 32.0 Å². The lowest BCUT2D eigenvalue weighted by Gasteiger charge is -2.28. The van der Waals surface area contributed by atoms with Crippen LogP contribution in [0, 0.1) is 11.8 Å². The van der Waals surface area contributed by atoms with Crippen molar-refractivity contribution in [3.8, 4) is 11.8 Å². The van der Waals surface area contributed by atoms with Gasteiger partial charge in [-0.25, -0.2) is 4.79 Å². The number of nitrogens with zero attached hydrogens (tertiary/aromatic N) is 6. The van der Waals surface area contributed by atoms with Gasteiger partial charge >= 0.3 is 5.69 Å². The molecule has 0 bridgehead atoms. The Morgan fingerprint density at radius 3 is 2.69 bits per heavy atom. The molecule has 0 radical (unpaired) electrons. The minimum Gasteiger partial charge on any atom is -0.340 e. The number of rotatable bonds is 4. The highest BCUT2D eigenvalue weighted by Gasteiger charge is 2.24. The molecule has 0 unspecified atom stereocenters. The Morgan fingerprint density at radius 1 is 1.21 bits per heavy atom. The van der Waals surface area contributed by atoms with Crippen LogP contribution in [0.1, 0.15) is 12.5 Å². The number of anilines is 1. The molecular formula is C20H23N7O2. The van der Waals surface area contributed by atoms with Gasteiger partial charge in [0.15, 0.2) is 11.2 Å². The van der Waals surface area contributed by atoms with E-state index in [1.54, 1.807) is 32.4 Å². The Morgan fingerprint density at radius 2 is 2.00 bits per heavy atom. The molecule has 1 fully saturated rings. The predicted octanol–water partition coefficient (Wildman–Crippen LogP) is -0.227. The van der Waals surface area contributed by atoms with Gasteiger partial charge in [-0.1, -0.05) is 12.0 Å². The summed E-state index contributed by atoms with van der Waals surface area (Å²) < 4.78 is 4.51. The molecule has 4 heterocycles. The van der Waals surface area contributed by atoms with E-state index in [0.29, 0.717) is 23.7 Å². The first kappa shape index (κ1) is 19.0. The second kappa shape index (κ2) is 7.93. The summed E-state index contributed by atoms with van der Waals surface area (Å²) >= 11 is 0. The highest BCUT2D eigenvalue weighted by Crippen LogP contribution is 2.20. The van der Waals surface area contributed by atoms with Crippen LogP contribution in [-0.4, -0.2) is 49.8 Å². The fourth-order valence-corrected chi connectivity index (χ4v) is 3.59. The first-order valence-electron chi connectivity index (χ1n) is 9.56. The minimum absolute atomic E-state index is 0.156. The molecule has 1 aliphatic heterocycles. The van der Waals surface area contributed by atoms with Gasteiger partial charge in [-0.2, -0.15) is 4.98 Å². The van der Waals surface area contributed by atoms with Crippen molar-refractivity contribution < 1.29 is 0 Å². The number of aromatic nitrogens is 5. The summed E-state index contributed by atoms with van der Waals surface area (Å²) in [5.41, 5.74) is 0.803. The van der Waals surface area contributed by atoms with E-state index < -0.39 is 5.69 Å². The molecule has 9 nitrogen and oxygen atoms in total. The van der Waals surface area contributed by atoms with Gasteiger partial charge in [-0.3, -0.25) is 23.5 Å². The zero-order valence-corrected chi connectivity index (χ0v) is 16.6. The maximum atomic E-state index is 13.4. The third kappa shape index (κ3) is 3.43. The van der Waals surface area contributed by atoms with Crippen LogP contribution in [0.4, 0.5) is 5.95 Å². The summed E-state index contributed by atoms with van der Waals surface area (Å²) in [5, 5.41) is 3.32. The highest BCUT2D eigenvalue weighted by atomic mass is 16.2. The van der Waals surface area contributed by atoms with E-state index >= 15 is 0 Å². The van der Waals surface area contributed by atoms with Crippen molar-refractivity contribution in [2.24, 2.45) is 7.05 Å². The lowest BCUT2D eigenvalue weighted by Crippen LogP contribution is -2.44. The average Bonchev–Trinajstić information content (AvgIpc) is 3.15. The Balaban J connectivity index is 1.94. The summed E-state index contributed by atoms with van der Waals surface area (Å²) in [6.07, 6.45) is 3.31. The van der Waals surface area contributed by atoms with Crippen molar-refractivity contribution in [3.63, 3.8) is 0 Å². The van der Waals surface area contributed by atoms with Gasteiger partial charge in [-0.05, 0) is 18.6 Å². The molecule has 0 spiro atoms. The molecule has 3 aromatic rings. The number of fused-ring (bicyclic) bond motifs is 1. The van der Waals surface area contributed by atoms with Crippen molar-refractivity contribution in [1.82, 2.24) is 29.0 Å². The van der Waals surface area contributed by atoms with E-state index in [0.717, 1.165) is 31.7 Å². The normalized spacial score (nSPS) is 14.1. The molecule has 0 atom stereocenters. The largest absolute Gasteiger partial charge is 0.340 e. The molecule has 1 aliphatic rings. The lowest BCUT2D eigenvalue weighted by atomic mass is 10.3. The summed E-state index contributed by atoms with van der Waals surface area (Å²) in [5.74, 6) is 6.60. The maximum Gasteiger partial charge on any atom is 0.332 e. The monoisotopic (exact) mass is 393 g/mol. The van der Waals surface area contributed by atoms with Crippen LogP contribution in [0.2, 0.25) is 0 Å². The van der Waals surface area contributed by atoms with Gasteiger partial charge in [0.25, 0.3) is 5.56 Å². The van der Waals surface area contributed by atoms with Crippen molar-refractivity contribution in [3.05, 3.63) is 50.9 Å². The number of imidazole rings is 1. The third-order valence-corrected chi connectivity index (χ3v) is 5.09. The molecule has 29 heavy (non-hydrogen) atoms. The summed E-state index contributed by atoms with van der Waals surface area (Å²) in [7, 11) is 1.65. The zero-order chi connectivity index (χ0) is 20.4. The zero-order valence-electron chi connectivity index (χ0n) is 16.6. The summed E-state index contributed by atoms with van der Waals surface area (Å²) in [4.78, 5) is 37.2. The Kier molecular flexibility index (Phi) is 5.18. The van der Waals surface area contributed by atoms with Crippen LogP contribution < -0.4 is 21.5 Å². The first-order chi connectivity index (χ1) is 14.1. The Labute approximate surface area is 167 Å². The summed E-state index contributed by atoms with van der Waals surface area (Å²) in [6.45, 7) is 5.50. The van der Waals surface area contributed by atoms with Crippen molar-refractivity contribution in [1.29, 1.82) is 0 Å². The molecule has 0 aromatic carbocycles. The first-order valence-corrected chi connectivity index (χ1v) is 9.56. The van der Waals surface area contributed by atoms with Gasteiger partial charge in [0.05, 0.1) is 13.1 Å². The van der Waals surface area contributed by atoms with Crippen molar-refractivity contribution >= 4 is 17.1 Å². The highest BCUT2D eigenvalue weighted by molar-refractivity contribution is 5.75. The number of piperazine rings is 1. The van der Waals surface area contributed by atoms with E-state index in [4.69, 9.17) is 0 Å². The standard InChI is InChI=1S/C20H23N7O2/c1-3-4-10-26-16-17(23-19(26)25-11-8-21-9-12-25)24(2)20(29)27(18(16)28)14-15-6-5-7-22-13-15/h5-7,13,21H,8-12,14H2,1-2H3. The molecule has 9 heteroatoms. The van der Waals surface area contributed by atoms with Crippen molar-refractivity contribution in [2.75, 3.05) is 31.1 Å². The second-order valence-corrected chi connectivity index (χ2v) is 6.93. The summed E-state index contributed by atoms with van der Waals surface area (Å²) in [6, 6.07) is 3.63. The number of pyridine rings is 1. The quantitative estimate of drug-likeness (QED) is 0.616. The Bertz CT molecular complexity index is 1210. The fourth-order valence-electron chi connectivity index (χ4n) is 3.59. The van der Waals surface area contributed by atoms with E-state index in [9.17, 15) is 9.59 Å². The van der Waals surface area contributed by atoms with E-state index in [1.165, 1.54) is 9.13 Å². The molecule has 0 amide bonds. The van der Waals surface area contributed by atoms with Gasteiger partial charge in [0.2, 0.25) is 5.95 Å². The van der Waals surface area contributed by atoms with Crippen LogP contribution in [0.15, 0.2) is 34.1 Å². The SMILES string of the molecule is CC#CCn1c(N2CCNCC2)nc2c1c(=O)n(Cc1cccnc1)c(=O)n2C. The molecule has 0 saturated carbocycles. The molecule has 0 aliphatic carbocycles. The molecule has 3 aromatic heterocycles. The second-order valence-electron chi connectivity index (χ2n) is 6.93. The maximum absolute atomic E-state index is 13.4. The predicted molar refractivity (Wildman–Crippen MR) is 111 cm³/mol. The van der Waals surface area contributed by atoms with E-state index in [1.807, 2.05) is 10.6 Å². The number of hydrogen-bond donors (Lipinski definition) is 1. The minimum atomic E-state index is -0.399. The lowest BCUT2D eigenvalue weighted by molar-refractivity contribution is 0.572. The average molecular weight is 393 g/mol. The van der Waals surface area contributed by atoms with Crippen LogP contribution in [0.3, 0.4) is 0 Å². The fraction of sp³-hybridized carbons (Fsp3) is 0.400. The van der Waals surface area contributed by atoms with Gasteiger partial charge in [0, 0.05) is 45.6 Å². The molecule has 4 rings (SSSR count). The Hall–Kier alpha value is -3.38. The number of aryl methyl sites for hydroxylation is 1. The smallest absolute Gasteiger partial charge is 0.332 e. The van der Waals surface area contributed by atoms with Gasteiger partial charge < -0.3 is 10.2 Å². The van der Waals surface area contributed by atoms with Crippen LogP contribution in [0.5, 0.6) is 0 Å². The molecule has 150 valence electrons. The molecule has 1 saturated heterocycles. The van der Waals surface area contributed by atoms with Crippen LogP contribution in [0.25, 0.3) is 11.2 Å². The van der Waals surface area contributed by atoms with Gasteiger partial charge in [-0.15, -0.1) is 5.92 Å². The number of nitrogens with one attached hydrogen (secondary N) is 1. The van der Waals surface area contributed by atoms with Crippen LogP contribution >= 0.6 is 0 Å².